The summed E-state index contributed by atoms with van der Waals surface area (Å²) in [6, 6.07) is 0.221. The highest BCUT2D eigenvalue weighted by molar-refractivity contribution is 7.80. The minimum absolute atomic E-state index is 0.0342. The van der Waals surface area contributed by atoms with Crippen molar-refractivity contribution in [2.75, 3.05) is 19.6 Å². The van der Waals surface area contributed by atoms with Crippen LogP contribution in [0.25, 0.3) is 0 Å². The molecule has 1 heterocycles. The molecule has 1 atom stereocenters. The van der Waals surface area contributed by atoms with Crippen molar-refractivity contribution in [3.8, 4) is 0 Å². The Bertz CT molecular complexity index is 336. The highest BCUT2D eigenvalue weighted by Crippen LogP contribution is 2.30. The monoisotopic (exact) mass is 285 g/mol. The van der Waals surface area contributed by atoms with Gasteiger partial charge in [-0.1, -0.05) is 33.0 Å². The van der Waals surface area contributed by atoms with Gasteiger partial charge in [-0.25, -0.2) is 0 Å². The first-order valence-corrected chi connectivity index (χ1v) is 7.47. The molecule has 1 aliphatic rings. The molecular formula is C14H27N3OS. The first kappa shape index (κ1) is 16.4. The topological polar surface area (TPSA) is 58.4 Å². The fraction of sp³-hybridized carbons (Fsp3) is 0.857. The maximum Gasteiger partial charge on any atom is 0.234 e. The van der Waals surface area contributed by atoms with Crippen LogP contribution in [0.2, 0.25) is 0 Å². The molecule has 5 heteroatoms. The molecule has 1 unspecified atom stereocenters. The number of piperidine rings is 1. The molecule has 1 fully saturated rings. The lowest BCUT2D eigenvalue weighted by Crippen LogP contribution is -2.49. The molecule has 1 saturated heterocycles. The quantitative estimate of drug-likeness (QED) is 0.752. The zero-order valence-electron chi connectivity index (χ0n) is 12.5. The largest absolute Gasteiger partial charge is 0.393 e. The van der Waals surface area contributed by atoms with E-state index in [-0.39, 0.29) is 17.4 Å². The summed E-state index contributed by atoms with van der Waals surface area (Å²) in [6.07, 6.45) is 1.88. The Morgan fingerprint density at radius 2 is 1.89 bits per heavy atom. The fourth-order valence-electron chi connectivity index (χ4n) is 2.12. The molecule has 4 nitrogen and oxygen atoms in total. The number of nitrogens with one attached hydrogen (secondary N) is 1. The molecule has 1 rings (SSSR count). The molecule has 1 aliphatic heterocycles. The van der Waals surface area contributed by atoms with Gasteiger partial charge in [-0.15, -0.1) is 0 Å². The second-order valence-electron chi connectivity index (χ2n) is 6.30. The van der Waals surface area contributed by atoms with Gasteiger partial charge in [0.25, 0.3) is 0 Å². The summed E-state index contributed by atoms with van der Waals surface area (Å²) in [4.78, 5) is 14.7. The Labute approximate surface area is 122 Å². The second kappa shape index (κ2) is 6.66. The zero-order chi connectivity index (χ0) is 14.6. The highest BCUT2D eigenvalue weighted by atomic mass is 32.1. The zero-order valence-corrected chi connectivity index (χ0v) is 13.3. The highest BCUT2D eigenvalue weighted by Gasteiger charge is 2.33. The van der Waals surface area contributed by atoms with Crippen LogP contribution in [0.5, 0.6) is 0 Å². The molecule has 0 bridgehead atoms. The van der Waals surface area contributed by atoms with Gasteiger partial charge in [-0.3, -0.25) is 9.69 Å². The van der Waals surface area contributed by atoms with Crippen molar-refractivity contribution in [3.05, 3.63) is 0 Å². The van der Waals surface area contributed by atoms with Gasteiger partial charge in [-0.2, -0.15) is 0 Å². The van der Waals surface area contributed by atoms with E-state index in [1.807, 2.05) is 6.92 Å². The number of nitrogens with zero attached hydrogens (tertiary/aromatic N) is 1. The standard InChI is InChI=1S/C14H27N3OS/c1-10(2)11(3)16-12(18)9-17-7-5-14(4,6-8-17)13(15)19/h10-11H,5-9H2,1-4H3,(H2,15,19)(H,16,18). The normalized spacial score (nSPS) is 21.1. The number of hydrogen-bond acceptors (Lipinski definition) is 3. The summed E-state index contributed by atoms with van der Waals surface area (Å²) in [5, 5.41) is 3.04. The molecule has 3 N–H and O–H groups in total. The van der Waals surface area contributed by atoms with Crippen LogP contribution in [0.15, 0.2) is 0 Å². The molecule has 0 aromatic heterocycles. The second-order valence-corrected chi connectivity index (χ2v) is 6.74. The van der Waals surface area contributed by atoms with Gasteiger partial charge < -0.3 is 11.1 Å². The van der Waals surface area contributed by atoms with Crippen molar-refractivity contribution in [2.24, 2.45) is 17.1 Å². The number of nitrogens with two attached hydrogens (primary N) is 1. The first-order chi connectivity index (χ1) is 8.74. The van der Waals surface area contributed by atoms with Gasteiger partial charge in [0.15, 0.2) is 0 Å². The average Bonchev–Trinajstić information content (AvgIpc) is 2.31. The van der Waals surface area contributed by atoms with E-state index < -0.39 is 0 Å². The number of carbonyl (C=O) groups excluding carboxylic acids is 1. The van der Waals surface area contributed by atoms with Crippen molar-refractivity contribution in [1.82, 2.24) is 10.2 Å². The van der Waals surface area contributed by atoms with E-state index in [1.54, 1.807) is 0 Å². The van der Waals surface area contributed by atoms with Crippen molar-refractivity contribution in [1.29, 1.82) is 0 Å². The average molecular weight is 285 g/mol. The molecule has 1 amide bonds. The van der Waals surface area contributed by atoms with Crippen molar-refractivity contribution < 1.29 is 4.79 Å². The summed E-state index contributed by atoms with van der Waals surface area (Å²) in [7, 11) is 0. The van der Waals surface area contributed by atoms with Crippen molar-refractivity contribution >= 4 is 23.1 Å². The molecule has 0 aromatic rings. The lowest BCUT2D eigenvalue weighted by Gasteiger charge is -2.38. The minimum atomic E-state index is -0.0342. The van der Waals surface area contributed by atoms with E-state index in [4.69, 9.17) is 18.0 Å². The summed E-state index contributed by atoms with van der Waals surface area (Å²) >= 11 is 5.12. The third-order valence-electron chi connectivity index (χ3n) is 4.31. The Kier molecular flexibility index (Phi) is 5.74. The van der Waals surface area contributed by atoms with E-state index in [2.05, 4.69) is 31.0 Å². The van der Waals surface area contributed by atoms with E-state index in [0.717, 1.165) is 25.9 Å². The maximum atomic E-state index is 11.9. The van der Waals surface area contributed by atoms with Crippen molar-refractivity contribution in [3.63, 3.8) is 0 Å². The molecule has 0 saturated carbocycles. The van der Waals surface area contributed by atoms with Crippen LogP contribution in [-0.2, 0) is 4.79 Å². The molecule has 0 aromatic carbocycles. The Morgan fingerprint density at radius 3 is 2.32 bits per heavy atom. The molecule has 0 radical (unpaired) electrons. The van der Waals surface area contributed by atoms with Crippen LogP contribution in [0.1, 0.15) is 40.5 Å². The molecule has 110 valence electrons. The number of carbonyl (C=O) groups is 1. The van der Waals surface area contributed by atoms with Crippen LogP contribution < -0.4 is 11.1 Å². The SMILES string of the molecule is CC(C)C(C)NC(=O)CN1CCC(C)(C(N)=S)CC1. The van der Waals surface area contributed by atoms with E-state index in [1.165, 1.54) is 0 Å². The fourth-order valence-corrected chi connectivity index (χ4v) is 2.32. The third-order valence-corrected chi connectivity index (χ3v) is 4.80. The van der Waals surface area contributed by atoms with E-state index in [0.29, 0.717) is 17.5 Å². The Balaban J connectivity index is 2.37. The minimum Gasteiger partial charge on any atom is -0.393 e. The molecule has 0 aliphatic carbocycles. The number of hydrogen-bond donors (Lipinski definition) is 2. The summed E-state index contributed by atoms with van der Waals surface area (Å²) in [5.74, 6) is 0.573. The van der Waals surface area contributed by atoms with Gasteiger partial charge in [0, 0.05) is 11.5 Å². The summed E-state index contributed by atoms with van der Waals surface area (Å²) in [5.41, 5.74) is 5.75. The lowest BCUT2D eigenvalue weighted by atomic mass is 9.80. The molecular weight excluding hydrogens is 258 g/mol. The number of amides is 1. The lowest BCUT2D eigenvalue weighted by molar-refractivity contribution is -0.123. The number of thiocarbonyl (C=S) groups is 1. The van der Waals surface area contributed by atoms with Gasteiger partial charge in [-0.05, 0) is 38.8 Å². The number of rotatable bonds is 5. The molecule has 19 heavy (non-hydrogen) atoms. The van der Waals surface area contributed by atoms with Gasteiger partial charge in [0.1, 0.15) is 0 Å². The van der Waals surface area contributed by atoms with E-state index in [9.17, 15) is 4.79 Å². The van der Waals surface area contributed by atoms with Gasteiger partial charge >= 0.3 is 0 Å². The Hall–Kier alpha value is -0.680. The summed E-state index contributed by atoms with van der Waals surface area (Å²) in [6.45, 7) is 10.6. The summed E-state index contributed by atoms with van der Waals surface area (Å²) < 4.78 is 0. The van der Waals surface area contributed by atoms with Crippen LogP contribution in [0.4, 0.5) is 0 Å². The van der Waals surface area contributed by atoms with Crippen LogP contribution in [0, 0.1) is 11.3 Å². The van der Waals surface area contributed by atoms with Crippen LogP contribution in [0.3, 0.4) is 0 Å². The van der Waals surface area contributed by atoms with Gasteiger partial charge in [0.2, 0.25) is 5.91 Å². The van der Waals surface area contributed by atoms with Crippen LogP contribution in [-0.4, -0.2) is 41.5 Å². The van der Waals surface area contributed by atoms with Crippen LogP contribution >= 0.6 is 12.2 Å². The van der Waals surface area contributed by atoms with Gasteiger partial charge in [0.05, 0.1) is 11.5 Å². The molecule has 0 spiro atoms. The third kappa shape index (κ3) is 4.73. The van der Waals surface area contributed by atoms with Crippen molar-refractivity contribution in [2.45, 2.75) is 46.6 Å². The predicted molar refractivity (Wildman–Crippen MR) is 83.0 cm³/mol. The predicted octanol–water partition coefficient (Wildman–Crippen LogP) is 1.54. The maximum absolute atomic E-state index is 11.9. The first-order valence-electron chi connectivity index (χ1n) is 7.06. The number of likely N-dealkylation sites (tertiary alicyclic amines) is 1. The Morgan fingerprint density at radius 1 is 1.37 bits per heavy atom. The smallest absolute Gasteiger partial charge is 0.234 e. The van der Waals surface area contributed by atoms with E-state index >= 15 is 0 Å².